The van der Waals surface area contributed by atoms with Crippen molar-refractivity contribution >= 4 is 69.6 Å². The van der Waals surface area contributed by atoms with Crippen LogP contribution in [-0.2, 0) is 9.59 Å². The Morgan fingerprint density at radius 1 is 0.882 bits per heavy atom. The minimum atomic E-state index is -0.715. The number of methoxy groups -OCH3 is 1. The fourth-order valence-electron chi connectivity index (χ4n) is 3.25. The van der Waals surface area contributed by atoms with Crippen molar-refractivity contribution in [1.82, 2.24) is 0 Å². The lowest BCUT2D eigenvalue weighted by Crippen LogP contribution is -2.32. The molecule has 0 saturated heterocycles. The van der Waals surface area contributed by atoms with Crippen molar-refractivity contribution < 1.29 is 19.1 Å². The number of nitrogens with zero attached hydrogens (tertiary/aromatic N) is 1. The Morgan fingerprint density at radius 3 is 2.29 bits per heavy atom. The molecule has 0 aliphatic carbocycles. The highest BCUT2D eigenvalue weighted by molar-refractivity contribution is 6.54. The predicted octanol–water partition coefficient (Wildman–Crippen LogP) is 5.69. The minimum Gasteiger partial charge on any atom is -0.497 e. The molecule has 172 valence electrons. The van der Waals surface area contributed by atoms with E-state index in [9.17, 15) is 14.4 Å². The minimum absolute atomic E-state index is 0.105. The third-order valence-electron chi connectivity index (χ3n) is 4.92. The van der Waals surface area contributed by atoms with Crippen LogP contribution in [0, 0.1) is 0 Å². The third kappa shape index (κ3) is 4.72. The van der Waals surface area contributed by atoms with Gasteiger partial charge < -0.3 is 15.4 Å². The summed E-state index contributed by atoms with van der Waals surface area (Å²) in [5.41, 5.74) is 1.49. The van der Waals surface area contributed by atoms with Gasteiger partial charge in [0, 0.05) is 28.0 Å². The van der Waals surface area contributed by atoms with E-state index in [1.54, 1.807) is 55.6 Å². The number of halogens is 3. The zero-order valence-corrected chi connectivity index (χ0v) is 19.8. The predicted molar refractivity (Wildman–Crippen MR) is 133 cm³/mol. The van der Waals surface area contributed by atoms with Crippen LogP contribution in [0.4, 0.5) is 17.1 Å². The molecule has 1 heterocycles. The highest BCUT2D eigenvalue weighted by Gasteiger charge is 2.39. The van der Waals surface area contributed by atoms with E-state index in [0.717, 1.165) is 4.90 Å². The van der Waals surface area contributed by atoms with E-state index in [1.807, 2.05) is 0 Å². The molecule has 0 fully saturated rings. The summed E-state index contributed by atoms with van der Waals surface area (Å²) >= 11 is 18.2. The molecule has 7 nitrogen and oxygen atoms in total. The Morgan fingerprint density at radius 2 is 1.62 bits per heavy atom. The number of rotatable bonds is 6. The van der Waals surface area contributed by atoms with E-state index < -0.39 is 11.8 Å². The van der Waals surface area contributed by atoms with Gasteiger partial charge >= 0.3 is 0 Å². The quantitative estimate of drug-likeness (QED) is 0.411. The molecule has 1 aliphatic heterocycles. The first kappa shape index (κ1) is 23.6. The number of hydrogen-bond acceptors (Lipinski definition) is 5. The van der Waals surface area contributed by atoms with Crippen molar-refractivity contribution in [2.45, 2.75) is 0 Å². The van der Waals surface area contributed by atoms with Gasteiger partial charge in [-0.05, 0) is 54.6 Å². The van der Waals surface area contributed by atoms with Crippen molar-refractivity contribution in [3.63, 3.8) is 0 Å². The number of anilines is 3. The first-order valence-electron chi connectivity index (χ1n) is 9.84. The van der Waals surface area contributed by atoms with Gasteiger partial charge in [0.1, 0.15) is 16.5 Å². The van der Waals surface area contributed by atoms with Gasteiger partial charge in [-0.3, -0.25) is 14.4 Å². The van der Waals surface area contributed by atoms with Crippen molar-refractivity contribution in [1.29, 1.82) is 0 Å². The van der Waals surface area contributed by atoms with Gasteiger partial charge in [-0.25, -0.2) is 4.90 Å². The average molecular weight is 517 g/mol. The largest absolute Gasteiger partial charge is 0.497 e. The lowest BCUT2D eigenvalue weighted by molar-refractivity contribution is -0.120. The summed E-state index contributed by atoms with van der Waals surface area (Å²) in [6.07, 6.45) is 0. The maximum Gasteiger partial charge on any atom is 0.283 e. The summed E-state index contributed by atoms with van der Waals surface area (Å²) in [5.74, 6) is -1.09. The maximum atomic E-state index is 12.9. The Hall–Kier alpha value is -3.52. The van der Waals surface area contributed by atoms with E-state index in [-0.39, 0.29) is 27.3 Å². The first-order valence-corrected chi connectivity index (χ1v) is 11.0. The molecule has 10 heteroatoms. The molecule has 1 aliphatic rings. The lowest BCUT2D eigenvalue weighted by atomic mass is 10.2. The van der Waals surface area contributed by atoms with Crippen LogP contribution in [0.3, 0.4) is 0 Å². The molecule has 0 radical (unpaired) electrons. The molecule has 0 atom stereocenters. The number of amides is 3. The van der Waals surface area contributed by atoms with Crippen LogP contribution < -0.4 is 20.3 Å². The number of nitrogens with one attached hydrogen (secondary N) is 2. The second-order valence-electron chi connectivity index (χ2n) is 7.12. The first-order chi connectivity index (χ1) is 16.3. The summed E-state index contributed by atoms with van der Waals surface area (Å²) in [6, 6.07) is 17.7. The van der Waals surface area contributed by atoms with Crippen molar-refractivity contribution in [2.24, 2.45) is 0 Å². The van der Waals surface area contributed by atoms with Gasteiger partial charge in [-0.15, -0.1) is 0 Å². The molecule has 0 aromatic heterocycles. The van der Waals surface area contributed by atoms with Crippen LogP contribution in [0.5, 0.6) is 5.75 Å². The van der Waals surface area contributed by atoms with Gasteiger partial charge in [-0.1, -0.05) is 40.9 Å². The van der Waals surface area contributed by atoms with E-state index in [0.29, 0.717) is 27.7 Å². The Kier molecular flexibility index (Phi) is 6.79. The van der Waals surface area contributed by atoms with Crippen molar-refractivity contribution in [3.8, 4) is 5.75 Å². The second-order valence-corrected chi connectivity index (χ2v) is 8.34. The third-order valence-corrected chi connectivity index (χ3v) is 5.81. The summed E-state index contributed by atoms with van der Waals surface area (Å²) in [6.45, 7) is 0. The van der Waals surface area contributed by atoms with Crippen LogP contribution >= 0.6 is 34.8 Å². The van der Waals surface area contributed by atoms with Gasteiger partial charge in [0.05, 0.1) is 17.8 Å². The van der Waals surface area contributed by atoms with Gasteiger partial charge in [0.2, 0.25) is 0 Å². The molecule has 34 heavy (non-hydrogen) atoms. The monoisotopic (exact) mass is 515 g/mol. The number of carbonyl (C=O) groups is 3. The van der Waals surface area contributed by atoms with E-state index in [4.69, 9.17) is 39.5 Å². The number of carbonyl (C=O) groups excluding carboxylic acids is 3. The summed E-state index contributed by atoms with van der Waals surface area (Å²) < 4.78 is 5.15. The van der Waals surface area contributed by atoms with Crippen molar-refractivity contribution in [3.05, 3.63) is 93.1 Å². The zero-order valence-electron chi connectivity index (χ0n) is 17.6. The van der Waals surface area contributed by atoms with Crippen LogP contribution in [0.2, 0.25) is 10.0 Å². The molecule has 4 rings (SSSR count). The normalized spacial score (nSPS) is 13.4. The molecule has 0 bridgehead atoms. The smallest absolute Gasteiger partial charge is 0.283 e. The molecule has 0 unspecified atom stereocenters. The molecule has 0 saturated carbocycles. The van der Waals surface area contributed by atoms with Crippen LogP contribution in [0.1, 0.15) is 10.4 Å². The Balaban J connectivity index is 1.49. The van der Waals surface area contributed by atoms with Gasteiger partial charge in [-0.2, -0.15) is 0 Å². The highest BCUT2D eigenvalue weighted by Crippen LogP contribution is 2.35. The molecule has 3 amide bonds. The maximum absolute atomic E-state index is 12.9. The topological polar surface area (TPSA) is 87.7 Å². The van der Waals surface area contributed by atoms with E-state index in [1.165, 1.54) is 18.2 Å². The number of ether oxygens (including phenoxy) is 1. The van der Waals surface area contributed by atoms with E-state index in [2.05, 4.69) is 10.6 Å². The fraction of sp³-hybridized carbons (Fsp3) is 0.0417. The Bertz CT molecular complexity index is 1340. The number of benzene rings is 3. The Labute approximate surface area is 209 Å². The average Bonchev–Trinajstić information content (AvgIpc) is 3.03. The van der Waals surface area contributed by atoms with Crippen molar-refractivity contribution in [2.75, 3.05) is 22.6 Å². The molecule has 3 aromatic rings. The van der Waals surface area contributed by atoms with Crippen LogP contribution in [-0.4, -0.2) is 24.8 Å². The van der Waals surface area contributed by atoms with E-state index >= 15 is 0 Å². The molecular formula is C24H16Cl3N3O4. The highest BCUT2D eigenvalue weighted by atomic mass is 35.5. The summed E-state index contributed by atoms with van der Waals surface area (Å²) in [5, 5.41) is 5.84. The molecule has 2 N–H and O–H groups in total. The SMILES string of the molecule is COc1cccc(NC(=O)c2ccc(NC3=C(Cl)C(=O)N(c4ccc(Cl)cc4Cl)C3=O)cc2)c1. The van der Waals surface area contributed by atoms with Crippen LogP contribution in [0.15, 0.2) is 77.5 Å². The molecule has 0 spiro atoms. The summed E-state index contributed by atoms with van der Waals surface area (Å²) in [4.78, 5) is 39.0. The summed E-state index contributed by atoms with van der Waals surface area (Å²) in [7, 11) is 1.54. The van der Waals surface area contributed by atoms with Gasteiger partial charge in [0.25, 0.3) is 17.7 Å². The van der Waals surface area contributed by atoms with Gasteiger partial charge in [0.15, 0.2) is 0 Å². The lowest BCUT2D eigenvalue weighted by Gasteiger charge is -2.16. The molecule has 3 aromatic carbocycles. The number of hydrogen-bond donors (Lipinski definition) is 2. The molecular weight excluding hydrogens is 501 g/mol. The number of imide groups is 1. The standard InChI is InChI=1S/C24H16Cl3N3O4/c1-34-17-4-2-3-16(12-17)29-22(31)13-5-8-15(9-6-13)28-21-20(27)23(32)30(24(21)33)19-10-7-14(25)11-18(19)26/h2-12,28H,1H3,(H,29,31). The second kappa shape index (κ2) is 9.77. The van der Waals surface area contributed by atoms with Crippen LogP contribution in [0.25, 0.3) is 0 Å². The fourth-order valence-corrected chi connectivity index (χ4v) is 3.95. The zero-order chi connectivity index (χ0) is 24.4.